The zero-order valence-corrected chi connectivity index (χ0v) is 18.6. The molecule has 31 heavy (non-hydrogen) atoms. The molecule has 2 aromatic rings. The van der Waals surface area contributed by atoms with Gasteiger partial charge in [-0.05, 0) is 19.1 Å². The van der Waals surface area contributed by atoms with Crippen LogP contribution in [0, 0.1) is 6.92 Å². The number of hydrogen-bond acceptors (Lipinski definition) is 8. The molecular weight excluding hydrogens is 444 g/mol. The van der Waals surface area contributed by atoms with Crippen molar-refractivity contribution in [3.63, 3.8) is 0 Å². The van der Waals surface area contributed by atoms with Gasteiger partial charge in [-0.1, -0.05) is 12.1 Å². The number of anilines is 1. The minimum absolute atomic E-state index is 0.00658. The molecule has 0 saturated carbocycles. The summed E-state index contributed by atoms with van der Waals surface area (Å²) in [5.41, 5.74) is 0.0617. The smallest absolute Gasteiger partial charge is 0.252 e. The molecular formula is C19H20N4O6S2. The average Bonchev–Trinajstić information content (AvgIpc) is 3.10. The summed E-state index contributed by atoms with van der Waals surface area (Å²) in [7, 11) is -1.40. The van der Waals surface area contributed by atoms with Crippen LogP contribution in [0.15, 0.2) is 29.2 Å². The van der Waals surface area contributed by atoms with E-state index in [2.05, 4.69) is 15.6 Å². The summed E-state index contributed by atoms with van der Waals surface area (Å²) in [6.45, 7) is 1.64. The van der Waals surface area contributed by atoms with E-state index in [1.165, 1.54) is 31.3 Å². The molecule has 0 bridgehead atoms. The third-order valence-corrected chi connectivity index (χ3v) is 7.59. The van der Waals surface area contributed by atoms with E-state index in [0.717, 1.165) is 22.7 Å². The van der Waals surface area contributed by atoms with Crippen molar-refractivity contribution in [3.8, 4) is 0 Å². The molecule has 0 aliphatic carbocycles. The number of carbonyl (C=O) groups is 4. The van der Waals surface area contributed by atoms with Gasteiger partial charge in [0.1, 0.15) is 5.69 Å². The number of carbonyl (C=O) groups excluding carboxylic acids is 4. The molecule has 0 fully saturated rings. The van der Waals surface area contributed by atoms with Gasteiger partial charge in [0.25, 0.3) is 5.91 Å². The molecule has 12 heteroatoms. The zero-order chi connectivity index (χ0) is 22.9. The number of sulfonamides is 1. The Morgan fingerprint density at radius 2 is 1.87 bits per heavy atom. The molecule has 3 rings (SSSR count). The maximum atomic E-state index is 12.8. The van der Waals surface area contributed by atoms with Crippen LogP contribution in [0.4, 0.5) is 5.13 Å². The molecule has 1 unspecified atom stereocenters. The Hall–Kier alpha value is -2.96. The van der Waals surface area contributed by atoms with Gasteiger partial charge in [0.15, 0.2) is 22.7 Å². The van der Waals surface area contributed by atoms with Gasteiger partial charge in [0, 0.05) is 37.4 Å². The van der Waals surface area contributed by atoms with Crippen molar-refractivity contribution in [2.45, 2.75) is 30.7 Å². The molecule has 2 amide bonds. The number of benzene rings is 1. The summed E-state index contributed by atoms with van der Waals surface area (Å²) >= 11 is 1.02. The van der Waals surface area contributed by atoms with Gasteiger partial charge in [-0.2, -0.15) is 4.31 Å². The standard InChI is InChI=1S/C19H20N4O6S2/c1-10-15(12(24)8-9-14(25)20-2)21-19(30-10)22-18(27)16-17(26)11-6-4-5-7-13(11)31(28,29)23(16)3/h4-7,16H,8-9H2,1-3H3,(H,20,25)(H,21,22,27). The number of Topliss-reactive ketones (excluding diaryl/α,β-unsaturated/α-hetero) is 2. The van der Waals surface area contributed by atoms with E-state index in [1.54, 1.807) is 6.92 Å². The van der Waals surface area contributed by atoms with E-state index in [1.807, 2.05) is 0 Å². The number of nitrogens with one attached hydrogen (secondary N) is 2. The van der Waals surface area contributed by atoms with Gasteiger partial charge in [0.05, 0.1) is 4.90 Å². The third kappa shape index (κ3) is 4.27. The molecule has 1 aromatic heterocycles. The van der Waals surface area contributed by atoms with Crippen LogP contribution in [0.2, 0.25) is 0 Å². The number of rotatable bonds is 6. The van der Waals surface area contributed by atoms with Gasteiger partial charge in [-0.25, -0.2) is 13.4 Å². The van der Waals surface area contributed by atoms with Crippen LogP contribution < -0.4 is 10.6 Å². The van der Waals surface area contributed by atoms with Crippen molar-refractivity contribution < 1.29 is 27.6 Å². The van der Waals surface area contributed by atoms with Crippen molar-refractivity contribution in [1.82, 2.24) is 14.6 Å². The second kappa shape index (κ2) is 8.65. The van der Waals surface area contributed by atoms with Crippen LogP contribution in [0.3, 0.4) is 0 Å². The predicted molar refractivity (Wildman–Crippen MR) is 113 cm³/mol. The lowest BCUT2D eigenvalue weighted by molar-refractivity contribution is -0.120. The van der Waals surface area contributed by atoms with E-state index in [-0.39, 0.29) is 45.8 Å². The zero-order valence-electron chi connectivity index (χ0n) is 17.0. The summed E-state index contributed by atoms with van der Waals surface area (Å²) in [6, 6.07) is 4.09. The van der Waals surface area contributed by atoms with Crippen molar-refractivity contribution in [3.05, 3.63) is 40.4 Å². The van der Waals surface area contributed by atoms with Crippen LogP contribution in [0.25, 0.3) is 0 Å². The molecule has 0 spiro atoms. The molecule has 10 nitrogen and oxygen atoms in total. The Morgan fingerprint density at radius 3 is 2.55 bits per heavy atom. The first-order valence-electron chi connectivity index (χ1n) is 9.21. The highest BCUT2D eigenvalue weighted by Gasteiger charge is 2.45. The first-order chi connectivity index (χ1) is 14.6. The number of amides is 2. The Morgan fingerprint density at radius 1 is 1.19 bits per heavy atom. The summed E-state index contributed by atoms with van der Waals surface area (Å²) in [5.74, 6) is -2.17. The fourth-order valence-electron chi connectivity index (χ4n) is 3.14. The third-order valence-electron chi connectivity index (χ3n) is 4.82. The van der Waals surface area contributed by atoms with E-state index in [9.17, 15) is 27.6 Å². The Kier molecular flexibility index (Phi) is 6.34. The summed E-state index contributed by atoms with van der Waals surface area (Å²) in [5, 5.41) is 4.93. The van der Waals surface area contributed by atoms with Crippen LogP contribution in [-0.2, 0) is 19.6 Å². The number of aryl methyl sites for hydroxylation is 1. The first kappa shape index (κ1) is 22.7. The van der Waals surface area contributed by atoms with Crippen LogP contribution in [-0.4, -0.2) is 61.2 Å². The van der Waals surface area contributed by atoms with Gasteiger partial charge in [0.2, 0.25) is 15.9 Å². The van der Waals surface area contributed by atoms with Gasteiger partial charge in [-0.15, -0.1) is 11.3 Å². The number of fused-ring (bicyclic) bond motifs is 1. The normalized spacial score (nSPS) is 17.6. The van der Waals surface area contributed by atoms with Crippen molar-refractivity contribution in [2.75, 3.05) is 19.4 Å². The van der Waals surface area contributed by atoms with Crippen LogP contribution in [0.1, 0.15) is 38.6 Å². The monoisotopic (exact) mass is 464 g/mol. The maximum Gasteiger partial charge on any atom is 0.252 e. The number of hydrogen-bond donors (Lipinski definition) is 2. The quantitative estimate of drug-likeness (QED) is 0.479. The molecule has 1 atom stereocenters. The van der Waals surface area contributed by atoms with Gasteiger partial charge in [-0.3, -0.25) is 19.2 Å². The van der Waals surface area contributed by atoms with E-state index in [4.69, 9.17) is 0 Å². The SMILES string of the molecule is CNC(=O)CCC(=O)c1nc(NC(=O)C2C(=O)c3ccccc3S(=O)(=O)N2C)sc1C. The summed E-state index contributed by atoms with van der Waals surface area (Å²) < 4.78 is 26.2. The van der Waals surface area contributed by atoms with Crippen LogP contribution >= 0.6 is 11.3 Å². The fraction of sp³-hybridized carbons (Fsp3) is 0.316. The molecule has 1 aliphatic rings. The minimum Gasteiger partial charge on any atom is -0.359 e. The Balaban J connectivity index is 1.82. The molecule has 2 N–H and O–H groups in total. The fourth-order valence-corrected chi connectivity index (χ4v) is 5.45. The molecule has 2 heterocycles. The molecule has 1 aliphatic heterocycles. The molecule has 164 valence electrons. The lowest BCUT2D eigenvalue weighted by Gasteiger charge is -2.30. The number of nitrogens with zero attached hydrogens (tertiary/aromatic N) is 2. The van der Waals surface area contributed by atoms with Crippen molar-refractivity contribution >= 4 is 49.9 Å². The molecule has 0 radical (unpaired) electrons. The average molecular weight is 465 g/mol. The predicted octanol–water partition coefficient (Wildman–Crippen LogP) is 0.985. The largest absolute Gasteiger partial charge is 0.359 e. The highest BCUT2D eigenvalue weighted by atomic mass is 32.2. The van der Waals surface area contributed by atoms with E-state index < -0.39 is 27.8 Å². The second-order valence-corrected chi connectivity index (χ2v) is 9.96. The van der Waals surface area contributed by atoms with Crippen molar-refractivity contribution in [2.24, 2.45) is 0 Å². The Bertz CT molecular complexity index is 1190. The number of aromatic nitrogens is 1. The van der Waals surface area contributed by atoms with Crippen molar-refractivity contribution in [1.29, 1.82) is 0 Å². The minimum atomic E-state index is -4.03. The maximum absolute atomic E-state index is 12.8. The van der Waals surface area contributed by atoms with E-state index >= 15 is 0 Å². The van der Waals surface area contributed by atoms with Crippen LogP contribution in [0.5, 0.6) is 0 Å². The van der Waals surface area contributed by atoms with Gasteiger partial charge >= 0.3 is 0 Å². The van der Waals surface area contributed by atoms with Gasteiger partial charge < -0.3 is 10.6 Å². The highest BCUT2D eigenvalue weighted by Crippen LogP contribution is 2.30. The highest BCUT2D eigenvalue weighted by molar-refractivity contribution is 7.89. The number of likely N-dealkylation sites (N-methyl/N-ethyl adjacent to an activating group) is 1. The topological polar surface area (TPSA) is 143 Å². The lowest BCUT2D eigenvalue weighted by Crippen LogP contribution is -2.53. The number of ketones is 2. The molecule has 0 saturated heterocycles. The first-order valence-corrected chi connectivity index (χ1v) is 11.5. The number of thiazole rings is 1. The molecule has 1 aromatic carbocycles. The Labute approximate surface area is 182 Å². The second-order valence-electron chi connectivity index (χ2n) is 6.79. The lowest BCUT2D eigenvalue weighted by atomic mass is 10.0. The summed E-state index contributed by atoms with van der Waals surface area (Å²) in [6.07, 6.45) is -0.0386. The summed E-state index contributed by atoms with van der Waals surface area (Å²) in [4.78, 5) is 53.8. The van der Waals surface area contributed by atoms with E-state index in [0.29, 0.717) is 4.88 Å².